The van der Waals surface area contributed by atoms with Crippen LogP contribution in [0.15, 0.2) is 28.7 Å². The molecule has 1 unspecified atom stereocenters. The number of hydrogen-bond donors (Lipinski definition) is 1. The van der Waals surface area contributed by atoms with E-state index in [2.05, 4.69) is 73.2 Å². The van der Waals surface area contributed by atoms with Crippen LogP contribution in [0, 0.1) is 11.8 Å². The molecule has 0 aromatic heterocycles. The maximum atomic E-state index is 5.76. The van der Waals surface area contributed by atoms with Gasteiger partial charge >= 0.3 is 0 Å². The molecule has 0 aliphatic rings. The summed E-state index contributed by atoms with van der Waals surface area (Å²) in [6.45, 7) is 12.6. The van der Waals surface area contributed by atoms with E-state index < -0.39 is 0 Å². The maximum Gasteiger partial charge on any atom is 0.0488 e. The summed E-state index contributed by atoms with van der Waals surface area (Å²) in [6.07, 6.45) is 1.07. The van der Waals surface area contributed by atoms with Gasteiger partial charge in [-0.25, -0.2) is 0 Å². The van der Waals surface area contributed by atoms with Gasteiger partial charge in [0.05, 0.1) is 0 Å². The van der Waals surface area contributed by atoms with Crippen LogP contribution in [0.25, 0.3) is 0 Å². The first kappa shape index (κ1) is 18.7. The second kappa shape index (κ2) is 10.4. The fraction of sp³-hybridized carbons (Fsp3) is 0.667. The Labute approximate surface area is 138 Å². The predicted molar refractivity (Wildman–Crippen MR) is 94.9 cm³/mol. The molecule has 0 saturated carbocycles. The van der Waals surface area contributed by atoms with Crippen LogP contribution in [-0.2, 0) is 4.74 Å². The fourth-order valence-electron chi connectivity index (χ4n) is 2.21. The molecule has 120 valence electrons. The van der Waals surface area contributed by atoms with Gasteiger partial charge in [-0.15, -0.1) is 0 Å². The van der Waals surface area contributed by atoms with E-state index in [1.807, 2.05) is 0 Å². The molecule has 1 atom stereocenters. The number of nitrogens with one attached hydrogen (secondary N) is 1. The molecule has 0 aliphatic heterocycles. The highest BCUT2D eigenvalue weighted by Gasteiger charge is 2.12. The van der Waals surface area contributed by atoms with E-state index in [-0.39, 0.29) is 0 Å². The molecule has 3 heteroatoms. The van der Waals surface area contributed by atoms with Gasteiger partial charge in [-0.2, -0.15) is 0 Å². The molecule has 0 spiro atoms. The molecule has 1 aromatic carbocycles. The summed E-state index contributed by atoms with van der Waals surface area (Å²) in [5.74, 6) is 1.81. The van der Waals surface area contributed by atoms with Gasteiger partial charge in [-0.05, 0) is 48.4 Å². The lowest BCUT2D eigenvalue weighted by Crippen LogP contribution is -2.26. The molecule has 0 bridgehead atoms. The molecule has 0 aliphatic carbocycles. The molecule has 0 heterocycles. The molecule has 0 saturated heterocycles. The van der Waals surface area contributed by atoms with Crippen LogP contribution in [0.3, 0.4) is 0 Å². The van der Waals surface area contributed by atoms with Gasteiger partial charge in [-0.1, -0.05) is 55.8 Å². The van der Waals surface area contributed by atoms with Crippen LogP contribution >= 0.6 is 15.9 Å². The summed E-state index contributed by atoms with van der Waals surface area (Å²) < 4.78 is 6.90. The predicted octanol–water partition coefficient (Wildman–Crippen LogP) is 4.84. The lowest BCUT2D eigenvalue weighted by Gasteiger charge is -2.19. The van der Waals surface area contributed by atoms with Crippen molar-refractivity contribution in [1.29, 1.82) is 0 Å². The number of halogens is 1. The second-order valence-corrected chi connectivity index (χ2v) is 7.47. The molecule has 1 N–H and O–H groups in total. The standard InChI is InChI=1S/C18H30BrNO/c1-14(2)11-20-12-17(9-10-21-13-15(3)4)16-5-7-18(19)8-6-16/h5-8,14-15,17,20H,9-13H2,1-4H3. The highest BCUT2D eigenvalue weighted by Crippen LogP contribution is 2.21. The Morgan fingerprint density at radius 3 is 2.24 bits per heavy atom. The summed E-state index contributed by atoms with van der Waals surface area (Å²) in [5.41, 5.74) is 1.39. The van der Waals surface area contributed by atoms with Crippen molar-refractivity contribution in [3.8, 4) is 0 Å². The smallest absolute Gasteiger partial charge is 0.0488 e. The summed E-state index contributed by atoms with van der Waals surface area (Å²) >= 11 is 3.51. The molecule has 0 fully saturated rings. The normalized spacial score (nSPS) is 13.1. The first-order valence-electron chi connectivity index (χ1n) is 8.03. The van der Waals surface area contributed by atoms with Crippen molar-refractivity contribution in [3.63, 3.8) is 0 Å². The Bertz CT molecular complexity index is 375. The molecule has 0 amide bonds. The second-order valence-electron chi connectivity index (χ2n) is 6.56. The zero-order chi connectivity index (χ0) is 15.7. The van der Waals surface area contributed by atoms with Crippen molar-refractivity contribution >= 4 is 15.9 Å². The zero-order valence-electron chi connectivity index (χ0n) is 13.9. The summed E-state index contributed by atoms with van der Waals surface area (Å²) in [7, 11) is 0. The van der Waals surface area contributed by atoms with Crippen molar-refractivity contribution in [2.24, 2.45) is 11.8 Å². The number of hydrogen-bond acceptors (Lipinski definition) is 2. The van der Waals surface area contributed by atoms with Gasteiger partial charge in [-0.3, -0.25) is 0 Å². The monoisotopic (exact) mass is 355 g/mol. The summed E-state index contributed by atoms with van der Waals surface area (Å²) in [6, 6.07) is 8.68. The van der Waals surface area contributed by atoms with Crippen molar-refractivity contribution in [2.45, 2.75) is 40.0 Å². The molecule has 2 nitrogen and oxygen atoms in total. The van der Waals surface area contributed by atoms with Crippen molar-refractivity contribution in [2.75, 3.05) is 26.3 Å². The van der Waals surface area contributed by atoms with Gasteiger partial charge in [0.15, 0.2) is 0 Å². The van der Waals surface area contributed by atoms with Crippen LogP contribution in [0.4, 0.5) is 0 Å². The van der Waals surface area contributed by atoms with Gasteiger partial charge < -0.3 is 10.1 Å². The lowest BCUT2D eigenvalue weighted by molar-refractivity contribution is 0.103. The molecular weight excluding hydrogens is 326 g/mol. The SMILES string of the molecule is CC(C)CNCC(CCOCC(C)C)c1ccc(Br)cc1. The molecule has 0 radical (unpaired) electrons. The summed E-state index contributed by atoms with van der Waals surface area (Å²) in [4.78, 5) is 0. The molecule has 1 aromatic rings. The Kier molecular flexibility index (Phi) is 9.21. The number of benzene rings is 1. The average molecular weight is 356 g/mol. The largest absolute Gasteiger partial charge is 0.381 e. The zero-order valence-corrected chi connectivity index (χ0v) is 15.4. The van der Waals surface area contributed by atoms with E-state index >= 15 is 0 Å². The number of rotatable bonds is 10. The third-order valence-electron chi connectivity index (χ3n) is 3.35. The fourth-order valence-corrected chi connectivity index (χ4v) is 2.48. The topological polar surface area (TPSA) is 21.3 Å². The van der Waals surface area contributed by atoms with Crippen LogP contribution in [0.2, 0.25) is 0 Å². The van der Waals surface area contributed by atoms with Crippen molar-refractivity contribution < 1.29 is 4.74 Å². The Balaban J connectivity index is 2.50. The summed E-state index contributed by atoms with van der Waals surface area (Å²) in [5, 5.41) is 3.58. The van der Waals surface area contributed by atoms with Crippen LogP contribution in [0.5, 0.6) is 0 Å². The average Bonchev–Trinajstić information content (AvgIpc) is 2.42. The van der Waals surface area contributed by atoms with E-state index in [0.29, 0.717) is 17.8 Å². The molecular formula is C18H30BrNO. The quantitative estimate of drug-likeness (QED) is 0.606. The first-order valence-corrected chi connectivity index (χ1v) is 8.82. The number of ether oxygens (including phenoxy) is 1. The molecule has 1 rings (SSSR count). The minimum Gasteiger partial charge on any atom is -0.381 e. The Morgan fingerprint density at radius 2 is 1.67 bits per heavy atom. The Morgan fingerprint density at radius 1 is 1.00 bits per heavy atom. The lowest BCUT2D eigenvalue weighted by atomic mass is 9.96. The molecule has 21 heavy (non-hydrogen) atoms. The van der Waals surface area contributed by atoms with E-state index in [9.17, 15) is 0 Å². The van der Waals surface area contributed by atoms with Gasteiger partial charge in [0.1, 0.15) is 0 Å². The third-order valence-corrected chi connectivity index (χ3v) is 3.88. The van der Waals surface area contributed by atoms with E-state index in [1.165, 1.54) is 5.56 Å². The van der Waals surface area contributed by atoms with Gasteiger partial charge in [0, 0.05) is 24.2 Å². The van der Waals surface area contributed by atoms with Crippen LogP contribution < -0.4 is 5.32 Å². The van der Waals surface area contributed by atoms with E-state index in [1.54, 1.807) is 0 Å². The maximum absolute atomic E-state index is 5.76. The highest BCUT2D eigenvalue weighted by molar-refractivity contribution is 9.10. The van der Waals surface area contributed by atoms with E-state index in [0.717, 1.165) is 37.2 Å². The van der Waals surface area contributed by atoms with Gasteiger partial charge in [0.25, 0.3) is 0 Å². The minimum atomic E-state index is 0.518. The van der Waals surface area contributed by atoms with Crippen LogP contribution in [-0.4, -0.2) is 26.3 Å². The van der Waals surface area contributed by atoms with Crippen LogP contribution in [0.1, 0.15) is 45.6 Å². The van der Waals surface area contributed by atoms with Crippen molar-refractivity contribution in [1.82, 2.24) is 5.32 Å². The van der Waals surface area contributed by atoms with E-state index in [4.69, 9.17) is 4.74 Å². The first-order chi connectivity index (χ1) is 9.99. The third kappa shape index (κ3) is 8.60. The highest BCUT2D eigenvalue weighted by atomic mass is 79.9. The van der Waals surface area contributed by atoms with Crippen molar-refractivity contribution in [3.05, 3.63) is 34.3 Å². The van der Waals surface area contributed by atoms with Gasteiger partial charge in [0.2, 0.25) is 0 Å². The minimum absolute atomic E-state index is 0.518. The Hall–Kier alpha value is -0.380.